The number of ether oxygens (including phenoxy) is 2. The molecular formula is C29H34O5. The Morgan fingerprint density at radius 2 is 1.74 bits per heavy atom. The van der Waals surface area contributed by atoms with Crippen LogP contribution in [0.4, 0.5) is 0 Å². The van der Waals surface area contributed by atoms with Gasteiger partial charge >= 0.3 is 5.97 Å². The maximum absolute atomic E-state index is 11.4. The highest BCUT2D eigenvalue weighted by molar-refractivity contribution is 5.90. The van der Waals surface area contributed by atoms with E-state index < -0.39 is 5.97 Å². The molecule has 0 radical (unpaired) electrons. The number of carboxylic acid groups (broad SMARTS) is 1. The second kappa shape index (κ2) is 10.7. The standard InChI is InChI=1S/C29H34O5/c1-19-9-10-23(28(31)32)16-25(19)22-8-6-7-21(15-22)17-34-26-12-11-24(27(30)20(26)2)18-33-14-13-29(3,4)5/h6-12,15-16,30H,13-14,17-18H2,1-5H3,(H,31,32). The molecule has 0 aromatic heterocycles. The van der Waals surface area contributed by atoms with Gasteiger partial charge in [0.25, 0.3) is 0 Å². The number of rotatable bonds is 9. The summed E-state index contributed by atoms with van der Waals surface area (Å²) in [5, 5.41) is 19.9. The van der Waals surface area contributed by atoms with Gasteiger partial charge in [0.05, 0.1) is 12.2 Å². The molecule has 3 aromatic rings. The van der Waals surface area contributed by atoms with Crippen molar-refractivity contribution >= 4 is 5.97 Å². The number of phenols is 1. The van der Waals surface area contributed by atoms with Crippen molar-refractivity contribution in [3.05, 3.63) is 82.4 Å². The van der Waals surface area contributed by atoms with E-state index in [-0.39, 0.29) is 16.7 Å². The van der Waals surface area contributed by atoms with Crippen molar-refractivity contribution in [3.8, 4) is 22.6 Å². The van der Waals surface area contributed by atoms with Crippen molar-refractivity contribution in [1.82, 2.24) is 0 Å². The van der Waals surface area contributed by atoms with E-state index in [1.165, 1.54) is 0 Å². The van der Waals surface area contributed by atoms with Crippen LogP contribution >= 0.6 is 0 Å². The first-order valence-electron chi connectivity index (χ1n) is 11.5. The molecule has 0 unspecified atom stereocenters. The highest BCUT2D eigenvalue weighted by Gasteiger charge is 2.13. The molecule has 0 atom stereocenters. The van der Waals surface area contributed by atoms with E-state index >= 15 is 0 Å². The molecular weight excluding hydrogens is 428 g/mol. The molecule has 5 nitrogen and oxygen atoms in total. The molecule has 0 spiro atoms. The summed E-state index contributed by atoms with van der Waals surface area (Å²) >= 11 is 0. The molecule has 0 amide bonds. The number of aromatic hydroxyl groups is 1. The largest absolute Gasteiger partial charge is 0.507 e. The first-order valence-corrected chi connectivity index (χ1v) is 11.5. The van der Waals surface area contributed by atoms with Crippen LogP contribution < -0.4 is 4.74 Å². The SMILES string of the molecule is Cc1ccc(C(=O)O)cc1-c1cccc(COc2ccc(COCCC(C)(C)C)c(O)c2C)c1. The molecule has 0 aliphatic heterocycles. The molecule has 0 saturated carbocycles. The molecule has 180 valence electrons. The van der Waals surface area contributed by atoms with E-state index in [0.29, 0.717) is 31.1 Å². The van der Waals surface area contributed by atoms with Crippen LogP contribution in [0.3, 0.4) is 0 Å². The monoisotopic (exact) mass is 462 g/mol. The van der Waals surface area contributed by atoms with E-state index in [0.717, 1.165) is 34.2 Å². The third-order valence-corrected chi connectivity index (χ3v) is 5.84. The zero-order valence-electron chi connectivity index (χ0n) is 20.6. The lowest BCUT2D eigenvalue weighted by Gasteiger charge is -2.18. The van der Waals surface area contributed by atoms with Crippen LogP contribution in [-0.2, 0) is 18.0 Å². The van der Waals surface area contributed by atoms with Gasteiger partial charge in [-0.2, -0.15) is 0 Å². The van der Waals surface area contributed by atoms with Gasteiger partial charge in [-0.1, -0.05) is 45.0 Å². The Kier molecular flexibility index (Phi) is 8.00. The summed E-state index contributed by atoms with van der Waals surface area (Å²) in [5.41, 5.74) is 5.67. The van der Waals surface area contributed by atoms with Crippen LogP contribution in [0.15, 0.2) is 54.6 Å². The minimum atomic E-state index is -0.945. The molecule has 0 heterocycles. The van der Waals surface area contributed by atoms with E-state index in [2.05, 4.69) is 20.8 Å². The number of phenolic OH excluding ortho intramolecular Hbond substituents is 1. The lowest BCUT2D eigenvalue weighted by Crippen LogP contribution is -2.09. The van der Waals surface area contributed by atoms with Crippen molar-refractivity contribution in [1.29, 1.82) is 0 Å². The van der Waals surface area contributed by atoms with E-state index in [9.17, 15) is 15.0 Å². The summed E-state index contributed by atoms with van der Waals surface area (Å²) in [7, 11) is 0. The highest BCUT2D eigenvalue weighted by Crippen LogP contribution is 2.32. The summed E-state index contributed by atoms with van der Waals surface area (Å²) in [6, 6.07) is 16.7. The zero-order valence-corrected chi connectivity index (χ0v) is 20.6. The number of carboxylic acids is 1. The van der Waals surface area contributed by atoms with Gasteiger partial charge in [0.1, 0.15) is 18.1 Å². The van der Waals surface area contributed by atoms with Crippen molar-refractivity contribution in [2.75, 3.05) is 6.61 Å². The van der Waals surface area contributed by atoms with Crippen LogP contribution in [0.25, 0.3) is 11.1 Å². The Hall–Kier alpha value is -3.31. The molecule has 0 fully saturated rings. The fourth-order valence-corrected chi connectivity index (χ4v) is 3.63. The Labute approximate surface area is 202 Å². The number of carbonyl (C=O) groups is 1. The van der Waals surface area contributed by atoms with Gasteiger partial charge in [-0.15, -0.1) is 0 Å². The average Bonchev–Trinajstić information content (AvgIpc) is 2.78. The van der Waals surface area contributed by atoms with Gasteiger partial charge in [0, 0.05) is 17.7 Å². The number of aromatic carboxylic acids is 1. The zero-order chi connectivity index (χ0) is 24.9. The predicted molar refractivity (Wildman–Crippen MR) is 134 cm³/mol. The van der Waals surface area contributed by atoms with Crippen molar-refractivity contribution in [2.24, 2.45) is 5.41 Å². The van der Waals surface area contributed by atoms with E-state index in [4.69, 9.17) is 9.47 Å². The van der Waals surface area contributed by atoms with E-state index in [1.807, 2.05) is 56.3 Å². The first kappa shape index (κ1) is 25.3. The lowest BCUT2D eigenvalue weighted by molar-refractivity contribution is 0.0697. The minimum Gasteiger partial charge on any atom is -0.507 e. The first-order chi connectivity index (χ1) is 16.0. The summed E-state index contributed by atoms with van der Waals surface area (Å²) in [5.74, 6) is -0.132. The number of hydrogen-bond acceptors (Lipinski definition) is 4. The molecule has 2 N–H and O–H groups in total. The van der Waals surface area contributed by atoms with Crippen LogP contribution in [0, 0.1) is 19.3 Å². The minimum absolute atomic E-state index is 0.197. The van der Waals surface area contributed by atoms with Gasteiger partial charge in [-0.05, 0) is 78.3 Å². The molecule has 0 bridgehead atoms. The van der Waals surface area contributed by atoms with Crippen molar-refractivity contribution in [3.63, 3.8) is 0 Å². The molecule has 3 rings (SSSR count). The summed E-state index contributed by atoms with van der Waals surface area (Å²) in [4.78, 5) is 11.4. The molecule has 0 saturated heterocycles. The molecule has 5 heteroatoms. The van der Waals surface area contributed by atoms with Crippen LogP contribution in [0.2, 0.25) is 0 Å². The highest BCUT2D eigenvalue weighted by atomic mass is 16.5. The topological polar surface area (TPSA) is 76.0 Å². The maximum Gasteiger partial charge on any atom is 0.335 e. The third kappa shape index (κ3) is 6.61. The van der Waals surface area contributed by atoms with E-state index in [1.54, 1.807) is 12.1 Å². The Morgan fingerprint density at radius 1 is 0.971 bits per heavy atom. The van der Waals surface area contributed by atoms with Gasteiger partial charge < -0.3 is 19.7 Å². The molecule has 0 aliphatic rings. The lowest BCUT2D eigenvalue weighted by atomic mass is 9.93. The maximum atomic E-state index is 11.4. The van der Waals surface area contributed by atoms with Gasteiger partial charge in [0.15, 0.2) is 0 Å². The molecule has 3 aromatic carbocycles. The summed E-state index contributed by atoms with van der Waals surface area (Å²) in [6.45, 7) is 11.7. The second-order valence-corrected chi connectivity index (χ2v) is 9.88. The Bertz CT molecular complexity index is 1160. The smallest absolute Gasteiger partial charge is 0.335 e. The average molecular weight is 463 g/mol. The van der Waals surface area contributed by atoms with Gasteiger partial charge in [-0.3, -0.25) is 0 Å². The number of aryl methyl sites for hydroxylation is 1. The fraction of sp³-hybridized carbons (Fsp3) is 0.345. The normalized spacial score (nSPS) is 11.4. The van der Waals surface area contributed by atoms with Gasteiger partial charge in [-0.25, -0.2) is 4.79 Å². The summed E-state index contributed by atoms with van der Waals surface area (Å²) < 4.78 is 11.8. The van der Waals surface area contributed by atoms with Crippen LogP contribution in [-0.4, -0.2) is 22.8 Å². The quantitative estimate of drug-likeness (QED) is 0.338. The molecule has 34 heavy (non-hydrogen) atoms. The second-order valence-electron chi connectivity index (χ2n) is 9.88. The number of benzene rings is 3. The molecule has 0 aliphatic carbocycles. The Balaban J connectivity index is 1.69. The summed E-state index contributed by atoms with van der Waals surface area (Å²) in [6.07, 6.45) is 0.952. The van der Waals surface area contributed by atoms with Crippen LogP contribution in [0.5, 0.6) is 11.5 Å². The third-order valence-electron chi connectivity index (χ3n) is 5.84. The van der Waals surface area contributed by atoms with Gasteiger partial charge in [0.2, 0.25) is 0 Å². The van der Waals surface area contributed by atoms with Crippen LogP contribution in [0.1, 0.15) is 59.8 Å². The van der Waals surface area contributed by atoms with Crippen molar-refractivity contribution in [2.45, 2.75) is 54.3 Å². The predicted octanol–water partition coefficient (Wildman–Crippen LogP) is 6.91. The Morgan fingerprint density at radius 3 is 2.44 bits per heavy atom. The fourth-order valence-electron chi connectivity index (χ4n) is 3.63. The van der Waals surface area contributed by atoms with Crippen molar-refractivity contribution < 1.29 is 24.5 Å². The number of hydrogen-bond donors (Lipinski definition) is 2.